The van der Waals surface area contributed by atoms with Crippen molar-refractivity contribution in [2.45, 2.75) is 24.2 Å². The number of pyridine rings is 1. The fraction of sp³-hybridized carbons (Fsp3) is 0.174. The van der Waals surface area contributed by atoms with Crippen LogP contribution >= 0.6 is 0 Å². The number of aliphatic imine (C=N–C) groups is 1. The van der Waals surface area contributed by atoms with E-state index < -0.39 is 4.92 Å². The summed E-state index contributed by atoms with van der Waals surface area (Å²) in [7, 11) is 0. The summed E-state index contributed by atoms with van der Waals surface area (Å²) in [4.78, 5) is 19.0. The van der Waals surface area contributed by atoms with E-state index in [9.17, 15) is 10.1 Å². The van der Waals surface area contributed by atoms with Crippen LogP contribution in [0.25, 0.3) is 0 Å². The van der Waals surface area contributed by atoms with Gasteiger partial charge in [0, 0.05) is 23.0 Å². The van der Waals surface area contributed by atoms with E-state index in [1.165, 1.54) is 29.4 Å². The molecule has 0 unspecified atom stereocenters. The smallest absolute Gasteiger partial charge is 0.294 e. The predicted octanol–water partition coefficient (Wildman–Crippen LogP) is 4.94. The van der Waals surface area contributed by atoms with Crippen molar-refractivity contribution in [3.63, 3.8) is 0 Å². The molecule has 2 aromatic carbocycles. The average molecular weight is 552 g/mol. The predicted molar refractivity (Wildman–Crippen MR) is 132 cm³/mol. The maximum atomic E-state index is 11.1. The zero-order chi connectivity index (χ0) is 23.2. The van der Waals surface area contributed by atoms with Crippen molar-refractivity contribution in [1.82, 2.24) is 10.4 Å². The molecule has 0 aliphatic rings. The van der Waals surface area contributed by atoms with Crippen molar-refractivity contribution >= 4 is 57.4 Å². The average Bonchev–Trinajstić information content (AvgIpc) is 2.82. The van der Waals surface area contributed by atoms with Gasteiger partial charge in [0.25, 0.3) is 5.69 Å². The molecule has 0 fully saturated rings. The quantitative estimate of drug-likeness (QED) is 0.112. The minimum absolute atomic E-state index is 0.00802. The summed E-state index contributed by atoms with van der Waals surface area (Å²) in [5.41, 5.74) is 4.80. The molecule has 0 atom stereocenters. The Morgan fingerprint density at radius 2 is 1.78 bits per heavy atom. The number of nitro groups is 1. The second kappa shape index (κ2) is 14.3. The van der Waals surface area contributed by atoms with Gasteiger partial charge in [-0.1, -0.05) is 48.5 Å². The molecule has 1 heterocycles. The van der Waals surface area contributed by atoms with Gasteiger partial charge in [0.2, 0.25) is 0 Å². The summed E-state index contributed by atoms with van der Waals surface area (Å²) >= 11 is 6.86. The fourth-order valence-corrected chi connectivity index (χ4v) is 3.65. The Morgan fingerprint density at radius 1 is 1.09 bits per heavy atom. The van der Waals surface area contributed by atoms with E-state index in [1.54, 1.807) is 40.9 Å². The van der Waals surface area contributed by atoms with E-state index in [2.05, 4.69) is 27.4 Å². The minimum Gasteiger partial charge on any atom is -0.741 e. The Morgan fingerprint density at radius 3 is 2.38 bits per heavy atom. The zero-order valence-corrected chi connectivity index (χ0v) is 21.3. The summed E-state index contributed by atoms with van der Waals surface area (Å²) < 4.78 is 1.43. The van der Waals surface area contributed by atoms with Gasteiger partial charge in [-0.3, -0.25) is 25.5 Å². The van der Waals surface area contributed by atoms with Gasteiger partial charge in [0.05, 0.1) is 10.6 Å². The first kappa shape index (κ1) is 25.4. The number of aromatic nitrogens is 1. The number of nitrogens with zero attached hydrogens (tertiary/aromatic N) is 4. The SMILES string of the molecule is CCC[CH2][Sn+3].O=[N+]([O-])c1ccccc1N=C([S-])N/N=C(\c1ccccc1)c1ccccn1. The molecule has 7 nitrogen and oxygen atoms in total. The number of amidine groups is 1. The molecular weight excluding hydrogens is 529 g/mol. The third-order valence-corrected chi connectivity index (χ3v) is 5.24. The summed E-state index contributed by atoms with van der Waals surface area (Å²) in [6.45, 7) is 2.23. The Balaban J connectivity index is 0.000000654. The number of nitrogens with one attached hydrogen (secondary N) is 1. The van der Waals surface area contributed by atoms with Crippen LogP contribution in [0.4, 0.5) is 11.4 Å². The number of benzene rings is 2. The number of hydrazone groups is 1. The molecule has 9 heteroatoms. The standard InChI is InChI=1S/C19H15N5O2S.C4H9.Sn/c25-24(26)17-12-5-4-10-15(17)21-19(27)23-22-18(14-8-2-1-3-9-14)16-11-6-7-13-20-16;1-3-4-2;/h1-13H,(H2,21,23,27);1,3-4H2,2H3;/q;;+3/p-1/b22-18+;;. The molecule has 1 aromatic heterocycles. The number of hydrogen-bond acceptors (Lipinski definition) is 6. The van der Waals surface area contributed by atoms with Crippen molar-refractivity contribution in [1.29, 1.82) is 0 Å². The van der Waals surface area contributed by atoms with Crippen LogP contribution in [-0.2, 0) is 12.6 Å². The molecule has 0 aliphatic heterocycles. The summed E-state index contributed by atoms with van der Waals surface area (Å²) in [5, 5.41) is 15.4. The van der Waals surface area contributed by atoms with Gasteiger partial charge in [0.1, 0.15) is 11.4 Å². The van der Waals surface area contributed by atoms with Gasteiger partial charge in [-0.15, -0.1) is 0 Å². The van der Waals surface area contributed by atoms with Crippen molar-refractivity contribution in [2.24, 2.45) is 10.1 Å². The first-order valence-corrected chi connectivity index (χ1v) is 12.4. The van der Waals surface area contributed by atoms with Crippen LogP contribution in [0.3, 0.4) is 0 Å². The van der Waals surface area contributed by atoms with E-state index in [0.717, 1.165) is 5.56 Å². The molecule has 3 rings (SSSR count). The largest absolute Gasteiger partial charge is 0.741 e. The van der Waals surface area contributed by atoms with Crippen LogP contribution in [0.2, 0.25) is 4.44 Å². The van der Waals surface area contributed by atoms with Gasteiger partial charge in [-0.2, -0.15) is 5.10 Å². The number of hydrogen-bond donors (Lipinski definition) is 1. The topological polar surface area (TPSA) is 92.8 Å². The fourth-order valence-electron chi connectivity index (χ4n) is 2.50. The Bertz CT molecular complexity index is 1000. The molecule has 160 valence electrons. The van der Waals surface area contributed by atoms with Crippen LogP contribution < -0.4 is 5.43 Å². The Hall–Kier alpha value is -2.85. The molecule has 0 amide bonds. The van der Waals surface area contributed by atoms with Crippen LogP contribution in [0, 0.1) is 10.1 Å². The van der Waals surface area contributed by atoms with Crippen LogP contribution in [0.5, 0.6) is 0 Å². The molecule has 1 N–H and O–H groups in total. The monoisotopic (exact) mass is 553 g/mol. The normalized spacial score (nSPS) is 11.3. The van der Waals surface area contributed by atoms with E-state index in [1.807, 2.05) is 48.5 Å². The molecule has 0 spiro atoms. The molecule has 0 radical (unpaired) electrons. The molecule has 0 bridgehead atoms. The van der Waals surface area contributed by atoms with Crippen molar-refractivity contribution in [3.8, 4) is 0 Å². The van der Waals surface area contributed by atoms with E-state index in [-0.39, 0.29) is 16.5 Å². The maximum absolute atomic E-state index is 11.1. The van der Waals surface area contributed by atoms with Gasteiger partial charge >= 0.3 is 46.7 Å². The van der Waals surface area contributed by atoms with Crippen LogP contribution in [0.1, 0.15) is 31.0 Å². The first-order chi connectivity index (χ1) is 15.6. The number of nitro benzene ring substituents is 1. The molecule has 0 saturated heterocycles. The molecule has 0 saturated carbocycles. The Labute approximate surface area is 206 Å². The summed E-state index contributed by atoms with van der Waals surface area (Å²) in [5.74, 6) is 0. The molecule has 32 heavy (non-hydrogen) atoms. The molecular formula is C23H23N5O2SSn+2. The first-order valence-electron chi connectivity index (χ1n) is 10.0. The number of rotatable bonds is 7. The Kier molecular flexibility index (Phi) is 11.3. The second-order valence-electron chi connectivity index (χ2n) is 6.42. The number of para-hydroxylation sites is 2. The van der Waals surface area contributed by atoms with Crippen molar-refractivity contribution in [2.75, 3.05) is 0 Å². The van der Waals surface area contributed by atoms with E-state index in [4.69, 9.17) is 12.6 Å². The summed E-state index contributed by atoms with van der Waals surface area (Å²) in [6, 6.07) is 21.1. The third-order valence-electron chi connectivity index (χ3n) is 4.05. The van der Waals surface area contributed by atoms with E-state index >= 15 is 0 Å². The van der Waals surface area contributed by atoms with Gasteiger partial charge in [-0.05, 0) is 18.2 Å². The van der Waals surface area contributed by atoms with Crippen molar-refractivity contribution < 1.29 is 4.92 Å². The van der Waals surface area contributed by atoms with Crippen LogP contribution in [0.15, 0.2) is 89.1 Å². The second-order valence-corrected chi connectivity index (χ2v) is 8.23. The molecule has 3 aromatic rings. The summed E-state index contributed by atoms with van der Waals surface area (Å²) in [6.07, 6.45) is 4.47. The van der Waals surface area contributed by atoms with Crippen LogP contribution in [-0.4, -0.2) is 43.3 Å². The molecule has 0 aliphatic carbocycles. The van der Waals surface area contributed by atoms with Gasteiger partial charge in [0.15, 0.2) is 0 Å². The third kappa shape index (κ3) is 8.35. The zero-order valence-electron chi connectivity index (χ0n) is 17.6. The van der Waals surface area contributed by atoms with E-state index in [0.29, 0.717) is 11.4 Å². The number of unbranched alkanes of at least 4 members (excludes halogenated alkanes) is 1. The van der Waals surface area contributed by atoms with Gasteiger partial charge in [-0.25, -0.2) is 0 Å². The van der Waals surface area contributed by atoms with Gasteiger partial charge < -0.3 is 12.6 Å². The minimum atomic E-state index is -0.506. The van der Waals surface area contributed by atoms with Crippen molar-refractivity contribution in [3.05, 3.63) is 100 Å². The maximum Gasteiger partial charge on any atom is 0.294 e.